The van der Waals surface area contributed by atoms with Crippen molar-refractivity contribution >= 4 is 43.9 Å². The van der Waals surface area contributed by atoms with Crippen LogP contribution in [0.25, 0.3) is 89.2 Å². The molecule has 0 saturated heterocycles. The van der Waals surface area contributed by atoms with Crippen molar-refractivity contribution in [2.24, 2.45) is 0 Å². The third-order valence-corrected chi connectivity index (χ3v) is 8.15. The second-order valence-corrected chi connectivity index (χ2v) is 10.8. The standard InChI is InChI=1S/C39H23N3O2/c1-3-10-24(11-4-1)37-40-38(25-12-5-2-6-13-25)42-39(41-37)30-15-9-17-34-36(30)31-22-26(19-21-33(31)43-34)27-18-20-29-28-14-7-8-16-32(28)44-35(29)23-27/h1-23H. The highest BCUT2D eigenvalue weighted by Gasteiger charge is 2.18. The van der Waals surface area contributed by atoms with Crippen molar-refractivity contribution in [2.45, 2.75) is 0 Å². The van der Waals surface area contributed by atoms with E-state index >= 15 is 0 Å². The van der Waals surface area contributed by atoms with Gasteiger partial charge in [-0.05, 0) is 47.5 Å². The topological polar surface area (TPSA) is 65.0 Å². The molecule has 5 nitrogen and oxygen atoms in total. The van der Waals surface area contributed by atoms with Crippen LogP contribution in [0.1, 0.15) is 0 Å². The summed E-state index contributed by atoms with van der Waals surface area (Å²) in [5, 5.41) is 4.20. The fourth-order valence-electron chi connectivity index (χ4n) is 6.03. The zero-order valence-electron chi connectivity index (χ0n) is 23.4. The third kappa shape index (κ3) is 3.98. The van der Waals surface area contributed by atoms with Crippen molar-refractivity contribution in [1.29, 1.82) is 0 Å². The van der Waals surface area contributed by atoms with Gasteiger partial charge in [0.25, 0.3) is 0 Å². The smallest absolute Gasteiger partial charge is 0.164 e. The maximum atomic E-state index is 6.36. The molecule has 206 valence electrons. The minimum atomic E-state index is 0.597. The van der Waals surface area contributed by atoms with E-state index in [1.165, 1.54) is 0 Å². The van der Waals surface area contributed by atoms with Crippen LogP contribution in [0.2, 0.25) is 0 Å². The van der Waals surface area contributed by atoms with E-state index in [1.807, 2.05) is 97.1 Å². The van der Waals surface area contributed by atoms with E-state index in [0.717, 1.165) is 71.7 Å². The molecular weight excluding hydrogens is 542 g/mol. The van der Waals surface area contributed by atoms with Gasteiger partial charge in [-0.1, -0.05) is 103 Å². The van der Waals surface area contributed by atoms with Crippen molar-refractivity contribution < 1.29 is 8.83 Å². The summed E-state index contributed by atoms with van der Waals surface area (Å²) in [5.41, 5.74) is 8.25. The summed E-state index contributed by atoms with van der Waals surface area (Å²) in [7, 11) is 0. The van der Waals surface area contributed by atoms with Gasteiger partial charge in [-0.2, -0.15) is 0 Å². The Labute approximate surface area is 252 Å². The third-order valence-electron chi connectivity index (χ3n) is 8.15. The fourth-order valence-corrected chi connectivity index (χ4v) is 6.03. The van der Waals surface area contributed by atoms with E-state index in [2.05, 4.69) is 42.5 Å². The Bertz CT molecular complexity index is 2440. The van der Waals surface area contributed by atoms with Gasteiger partial charge in [0.2, 0.25) is 0 Å². The van der Waals surface area contributed by atoms with Crippen LogP contribution in [0.5, 0.6) is 0 Å². The van der Waals surface area contributed by atoms with Crippen LogP contribution < -0.4 is 0 Å². The fraction of sp³-hybridized carbons (Fsp3) is 0. The Morgan fingerprint density at radius 2 is 0.909 bits per heavy atom. The van der Waals surface area contributed by atoms with E-state index in [4.69, 9.17) is 23.8 Å². The van der Waals surface area contributed by atoms with Gasteiger partial charge in [-0.15, -0.1) is 0 Å². The van der Waals surface area contributed by atoms with Crippen LogP contribution in [0.4, 0.5) is 0 Å². The summed E-state index contributed by atoms with van der Waals surface area (Å²) in [4.78, 5) is 14.9. The average molecular weight is 566 g/mol. The van der Waals surface area contributed by atoms with Gasteiger partial charge in [-0.3, -0.25) is 0 Å². The van der Waals surface area contributed by atoms with Gasteiger partial charge < -0.3 is 8.83 Å². The first-order valence-corrected chi connectivity index (χ1v) is 14.5. The van der Waals surface area contributed by atoms with Crippen molar-refractivity contribution in [3.63, 3.8) is 0 Å². The summed E-state index contributed by atoms with van der Waals surface area (Å²) in [6.07, 6.45) is 0. The number of furan rings is 2. The molecule has 0 atom stereocenters. The highest BCUT2D eigenvalue weighted by Crippen LogP contribution is 2.39. The monoisotopic (exact) mass is 565 g/mol. The van der Waals surface area contributed by atoms with E-state index in [9.17, 15) is 0 Å². The number of fused-ring (bicyclic) bond motifs is 6. The number of hydrogen-bond donors (Lipinski definition) is 0. The molecule has 6 aromatic carbocycles. The van der Waals surface area contributed by atoms with Crippen molar-refractivity contribution in [3.05, 3.63) is 140 Å². The minimum Gasteiger partial charge on any atom is -0.456 e. The lowest BCUT2D eigenvalue weighted by Crippen LogP contribution is -2.00. The normalized spacial score (nSPS) is 11.6. The molecule has 0 aliphatic carbocycles. The van der Waals surface area contributed by atoms with Gasteiger partial charge in [-0.25, -0.2) is 15.0 Å². The summed E-state index contributed by atoms with van der Waals surface area (Å²) in [5.74, 6) is 1.85. The molecule has 5 heteroatoms. The first-order chi connectivity index (χ1) is 21.8. The first-order valence-electron chi connectivity index (χ1n) is 14.5. The first kappa shape index (κ1) is 24.5. The second kappa shape index (κ2) is 9.75. The molecule has 0 bridgehead atoms. The van der Waals surface area contributed by atoms with Gasteiger partial charge >= 0.3 is 0 Å². The number of nitrogens with zero attached hydrogens (tertiary/aromatic N) is 3. The van der Waals surface area contributed by atoms with Gasteiger partial charge in [0.05, 0.1) is 0 Å². The number of hydrogen-bond acceptors (Lipinski definition) is 5. The molecule has 0 saturated carbocycles. The minimum absolute atomic E-state index is 0.597. The molecule has 0 aliphatic heterocycles. The average Bonchev–Trinajstić information content (AvgIpc) is 3.66. The molecule has 0 spiro atoms. The Hall–Kier alpha value is -6.07. The SMILES string of the molecule is c1ccc(-c2nc(-c3ccccc3)nc(-c3cccc4oc5ccc(-c6ccc7c(c6)oc6ccccc67)cc5c34)n2)cc1. The molecule has 0 N–H and O–H groups in total. The van der Waals surface area contributed by atoms with Gasteiger partial charge in [0, 0.05) is 38.2 Å². The lowest BCUT2D eigenvalue weighted by Gasteiger charge is -2.09. The highest BCUT2D eigenvalue weighted by atomic mass is 16.3. The van der Waals surface area contributed by atoms with E-state index in [1.54, 1.807) is 0 Å². The summed E-state index contributed by atoms with van der Waals surface area (Å²) in [6.45, 7) is 0. The molecule has 0 unspecified atom stereocenters. The Balaban J connectivity index is 1.24. The maximum Gasteiger partial charge on any atom is 0.164 e. The predicted octanol–water partition coefficient (Wildman–Crippen LogP) is 10.3. The molecule has 9 aromatic rings. The summed E-state index contributed by atoms with van der Waals surface area (Å²) in [6, 6.07) is 47.0. The number of benzene rings is 6. The zero-order valence-corrected chi connectivity index (χ0v) is 23.4. The summed E-state index contributed by atoms with van der Waals surface area (Å²) >= 11 is 0. The Kier molecular flexibility index (Phi) is 5.43. The molecule has 9 rings (SSSR count). The second-order valence-electron chi connectivity index (χ2n) is 10.8. The molecule has 44 heavy (non-hydrogen) atoms. The lowest BCUT2D eigenvalue weighted by atomic mass is 9.99. The van der Waals surface area contributed by atoms with Crippen molar-refractivity contribution in [3.8, 4) is 45.3 Å². The van der Waals surface area contributed by atoms with Crippen molar-refractivity contribution in [2.75, 3.05) is 0 Å². The largest absolute Gasteiger partial charge is 0.456 e. The van der Waals surface area contributed by atoms with Crippen LogP contribution >= 0.6 is 0 Å². The molecule has 0 aliphatic rings. The van der Waals surface area contributed by atoms with Crippen LogP contribution in [0.15, 0.2) is 148 Å². The molecule has 0 amide bonds. The quantitative estimate of drug-likeness (QED) is 0.212. The van der Waals surface area contributed by atoms with Gasteiger partial charge in [0.1, 0.15) is 22.3 Å². The molecule has 0 radical (unpaired) electrons. The summed E-state index contributed by atoms with van der Waals surface area (Å²) < 4.78 is 12.5. The van der Waals surface area contributed by atoms with Crippen LogP contribution in [-0.2, 0) is 0 Å². The molecule has 0 fully saturated rings. The van der Waals surface area contributed by atoms with Crippen LogP contribution in [0.3, 0.4) is 0 Å². The molecular formula is C39H23N3O2. The van der Waals surface area contributed by atoms with Crippen molar-refractivity contribution in [1.82, 2.24) is 15.0 Å². The van der Waals surface area contributed by atoms with Crippen LogP contribution in [-0.4, -0.2) is 15.0 Å². The highest BCUT2D eigenvalue weighted by molar-refractivity contribution is 6.13. The number of para-hydroxylation sites is 1. The lowest BCUT2D eigenvalue weighted by molar-refractivity contribution is 0.669. The zero-order chi connectivity index (χ0) is 29.0. The maximum absolute atomic E-state index is 6.36. The van der Waals surface area contributed by atoms with E-state index < -0.39 is 0 Å². The molecule has 3 heterocycles. The Morgan fingerprint density at radius 3 is 1.68 bits per heavy atom. The van der Waals surface area contributed by atoms with E-state index in [0.29, 0.717) is 17.5 Å². The molecule has 3 aromatic heterocycles. The number of rotatable bonds is 4. The van der Waals surface area contributed by atoms with Gasteiger partial charge in [0.15, 0.2) is 17.5 Å². The van der Waals surface area contributed by atoms with Crippen LogP contribution in [0, 0.1) is 0 Å². The number of aromatic nitrogens is 3. The van der Waals surface area contributed by atoms with E-state index in [-0.39, 0.29) is 0 Å². The Morgan fingerprint density at radius 1 is 0.341 bits per heavy atom. The predicted molar refractivity (Wildman–Crippen MR) is 176 cm³/mol.